The molecule has 3 nitrogen and oxygen atoms in total. The second kappa shape index (κ2) is 11.4. The zero-order valence-electron chi connectivity index (χ0n) is 27.0. The van der Waals surface area contributed by atoms with Gasteiger partial charge in [-0.25, -0.2) is 15.0 Å². The molecule has 4 aromatic heterocycles. The highest BCUT2D eigenvalue weighted by molar-refractivity contribution is 7.26. The van der Waals surface area contributed by atoms with Crippen molar-refractivity contribution in [3.8, 4) is 45.3 Å². The first-order valence-corrected chi connectivity index (χ1v) is 19.3. The largest absolute Gasteiger partial charge is 0.208 e. The van der Waals surface area contributed by atoms with Gasteiger partial charge in [0.15, 0.2) is 17.5 Å². The third kappa shape index (κ3) is 4.72. The Morgan fingerprint density at radius 2 is 0.824 bits per heavy atom. The van der Waals surface area contributed by atoms with Crippen molar-refractivity contribution in [2.45, 2.75) is 0 Å². The topological polar surface area (TPSA) is 38.7 Å². The summed E-state index contributed by atoms with van der Waals surface area (Å²) in [6, 6.07) is 54.3. The summed E-state index contributed by atoms with van der Waals surface area (Å²) in [6.45, 7) is 0. The number of benzene rings is 7. The van der Waals surface area contributed by atoms with Crippen molar-refractivity contribution in [2.75, 3.05) is 0 Å². The van der Waals surface area contributed by atoms with Gasteiger partial charge in [-0.05, 0) is 59.7 Å². The second-order valence-electron chi connectivity index (χ2n) is 12.8. The van der Waals surface area contributed by atoms with Gasteiger partial charge < -0.3 is 0 Å². The molecule has 0 fully saturated rings. The van der Waals surface area contributed by atoms with E-state index in [1.54, 1.807) is 11.3 Å². The molecule has 0 atom stereocenters. The second-order valence-corrected chi connectivity index (χ2v) is 16.0. The first kappa shape index (κ1) is 29.0. The molecular formula is C45H25N3S3. The minimum absolute atomic E-state index is 0.670. The van der Waals surface area contributed by atoms with Crippen LogP contribution in [0.15, 0.2) is 152 Å². The van der Waals surface area contributed by atoms with E-state index >= 15 is 0 Å². The Bertz CT molecular complexity index is 3150. The lowest BCUT2D eigenvalue weighted by molar-refractivity contribution is 1.08. The molecule has 0 amide bonds. The maximum Gasteiger partial charge on any atom is 0.165 e. The smallest absolute Gasteiger partial charge is 0.165 e. The van der Waals surface area contributed by atoms with Crippen molar-refractivity contribution in [3.05, 3.63) is 152 Å². The van der Waals surface area contributed by atoms with Gasteiger partial charge in [0.1, 0.15) is 0 Å². The Labute approximate surface area is 304 Å². The maximum absolute atomic E-state index is 5.18. The minimum Gasteiger partial charge on any atom is -0.208 e. The number of hydrogen-bond donors (Lipinski definition) is 0. The normalized spacial score (nSPS) is 11.9. The zero-order valence-corrected chi connectivity index (χ0v) is 29.4. The molecular weight excluding hydrogens is 679 g/mol. The van der Waals surface area contributed by atoms with Crippen molar-refractivity contribution in [2.24, 2.45) is 0 Å². The van der Waals surface area contributed by atoms with Crippen LogP contribution in [0, 0.1) is 0 Å². The summed E-state index contributed by atoms with van der Waals surface area (Å²) < 4.78 is 7.59. The molecule has 4 heterocycles. The third-order valence-electron chi connectivity index (χ3n) is 9.75. The zero-order chi connectivity index (χ0) is 33.5. The molecule has 11 rings (SSSR count). The lowest BCUT2D eigenvalue weighted by atomic mass is 10.0. The fourth-order valence-electron chi connectivity index (χ4n) is 7.27. The summed E-state index contributed by atoms with van der Waals surface area (Å²) in [7, 11) is 0. The molecule has 0 unspecified atom stereocenters. The fourth-order valence-corrected chi connectivity index (χ4v) is 10.7. The molecule has 51 heavy (non-hydrogen) atoms. The third-order valence-corrected chi connectivity index (χ3v) is 13.3. The summed E-state index contributed by atoms with van der Waals surface area (Å²) in [4.78, 5) is 15.4. The van der Waals surface area contributed by atoms with Gasteiger partial charge in [-0.2, -0.15) is 0 Å². The Morgan fingerprint density at radius 3 is 1.59 bits per heavy atom. The van der Waals surface area contributed by atoms with E-state index in [2.05, 4.69) is 133 Å². The van der Waals surface area contributed by atoms with Gasteiger partial charge in [-0.15, -0.1) is 34.0 Å². The van der Waals surface area contributed by atoms with E-state index in [0.717, 1.165) is 16.7 Å². The molecule has 0 spiro atoms. The van der Waals surface area contributed by atoms with Crippen LogP contribution in [-0.4, -0.2) is 15.0 Å². The van der Waals surface area contributed by atoms with Crippen LogP contribution >= 0.6 is 34.0 Å². The van der Waals surface area contributed by atoms with Crippen LogP contribution in [0.4, 0.5) is 0 Å². The predicted octanol–water partition coefficient (Wildman–Crippen LogP) is 13.6. The van der Waals surface area contributed by atoms with Crippen molar-refractivity contribution in [3.63, 3.8) is 0 Å². The Kier molecular flexibility index (Phi) is 6.46. The van der Waals surface area contributed by atoms with E-state index in [9.17, 15) is 0 Å². The van der Waals surface area contributed by atoms with E-state index in [4.69, 9.17) is 15.0 Å². The molecule has 0 aliphatic carbocycles. The van der Waals surface area contributed by atoms with Crippen molar-refractivity contribution < 1.29 is 0 Å². The fraction of sp³-hybridized carbons (Fsp3) is 0. The molecule has 0 aliphatic heterocycles. The highest BCUT2D eigenvalue weighted by Gasteiger charge is 2.18. The van der Waals surface area contributed by atoms with Gasteiger partial charge in [0.2, 0.25) is 0 Å². The number of hydrogen-bond acceptors (Lipinski definition) is 6. The van der Waals surface area contributed by atoms with Gasteiger partial charge in [0.05, 0.1) is 0 Å². The first-order chi connectivity index (χ1) is 25.2. The quantitative estimate of drug-likeness (QED) is 0.183. The molecule has 7 aromatic carbocycles. The first-order valence-electron chi connectivity index (χ1n) is 16.8. The van der Waals surface area contributed by atoms with E-state index in [-0.39, 0.29) is 0 Å². The highest BCUT2D eigenvalue weighted by Crippen LogP contribution is 2.43. The molecule has 11 aromatic rings. The molecule has 0 bridgehead atoms. The molecule has 6 heteroatoms. The van der Waals surface area contributed by atoms with E-state index < -0.39 is 0 Å². The van der Waals surface area contributed by atoms with E-state index in [1.165, 1.54) is 71.6 Å². The van der Waals surface area contributed by atoms with Crippen LogP contribution < -0.4 is 0 Å². The van der Waals surface area contributed by atoms with Crippen LogP contribution in [0.2, 0.25) is 0 Å². The van der Waals surface area contributed by atoms with Gasteiger partial charge in [-0.3, -0.25) is 0 Å². The monoisotopic (exact) mass is 703 g/mol. The van der Waals surface area contributed by atoms with Crippen molar-refractivity contribution in [1.82, 2.24) is 15.0 Å². The number of aromatic nitrogens is 3. The molecule has 0 radical (unpaired) electrons. The lowest BCUT2D eigenvalue weighted by Gasteiger charge is -2.09. The van der Waals surface area contributed by atoms with Crippen LogP contribution in [0.1, 0.15) is 0 Å². The maximum atomic E-state index is 5.18. The Morgan fingerprint density at radius 1 is 0.294 bits per heavy atom. The average molecular weight is 704 g/mol. The molecule has 0 N–H and O–H groups in total. The van der Waals surface area contributed by atoms with Crippen molar-refractivity contribution in [1.29, 1.82) is 0 Å². The average Bonchev–Trinajstić information content (AvgIpc) is 3.88. The van der Waals surface area contributed by atoms with Gasteiger partial charge in [0.25, 0.3) is 0 Å². The lowest BCUT2D eigenvalue weighted by Crippen LogP contribution is -2.00. The summed E-state index contributed by atoms with van der Waals surface area (Å²) in [5.74, 6) is 2.03. The van der Waals surface area contributed by atoms with Crippen molar-refractivity contribution >= 4 is 94.5 Å². The van der Waals surface area contributed by atoms with Gasteiger partial charge in [0, 0.05) is 77.2 Å². The van der Waals surface area contributed by atoms with Crippen LogP contribution in [0.5, 0.6) is 0 Å². The van der Waals surface area contributed by atoms with E-state index in [0.29, 0.717) is 17.5 Å². The minimum atomic E-state index is 0.670. The number of rotatable bonds is 4. The summed E-state index contributed by atoms with van der Waals surface area (Å²) >= 11 is 5.47. The molecule has 0 saturated carbocycles. The number of thiophene rings is 3. The van der Waals surface area contributed by atoms with Gasteiger partial charge >= 0.3 is 0 Å². The summed E-state index contributed by atoms with van der Waals surface area (Å²) in [5.41, 5.74) is 5.42. The van der Waals surface area contributed by atoms with E-state index in [1.807, 2.05) is 40.9 Å². The number of nitrogens with zero attached hydrogens (tertiary/aromatic N) is 3. The Hall–Kier alpha value is -5.79. The van der Waals surface area contributed by atoms with Crippen LogP contribution in [0.25, 0.3) is 106 Å². The Balaban J connectivity index is 1.07. The predicted molar refractivity (Wildman–Crippen MR) is 220 cm³/mol. The van der Waals surface area contributed by atoms with Crippen LogP contribution in [-0.2, 0) is 0 Å². The molecule has 0 saturated heterocycles. The molecule has 0 aliphatic rings. The standard InChI is InChI=1S/C45H25N3S3/c1-2-9-26(10-3-1)43-46-44(29-17-20-32-30-11-4-6-15-37(30)50-41(32)25-29)48-45(47-43)34-14-8-13-33-36-24-28(19-22-40(36)51-42(33)34)27-18-21-39-35(23-27)31-12-5-7-16-38(31)49-39/h1-25H. The van der Waals surface area contributed by atoms with Crippen LogP contribution in [0.3, 0.4) is 0 Å². The summed E-state index contributed by atoms with van der Waals surface area (Å²) in [6.07, 6.45) is 0. The molecule has 238 valence electrons. The summed E-state index contributed by atoms with van der Waals surface area (Å²) in [5, 5.41) is 7.64. The number of fused-ring (bicyclic) bond motifs is 9. The SMILES string of the molecule is c1ccc(-c2nc(-c3ccc4c(c3)sc3ccccc34)nc(-c3cccc4c3sc3ccc(-c5ccc6sc7ccccc7c6c5)cc34)n2)cc1. The van der Waals surface area contributed by atoms with Gasteiger partial charge in [-0.1, -0.05) is 103 Å². The highest BCUT2D eigenvalue weighted by atomic mass is 32.1.